The van der Waals surface area contributed by atoms with Crippen LogP contribution >= 0.6 is 0 Å². The zero-order valence-corrected chi connectivity index (χ0v) is 13.8. The molecular formula is C18H34N2. The molecule has 116 valence electrons. The number of rotatable bonds is 7. The lowest BCUT2D eigenvalue weighted by Gasteiger charge is -2.44. The van der Waals surface area contributed by atoms with Crippen LogP contribution in [0.3, 0.4) is 0 Å². The highest BCUT2D eigenvalue weighted by Gasteiger charge is 2.38. The van der Waals surface area contributed by atoms with Crippen molar-refractivity contribution in [1.82, 2.24) is 10.2 Å². The van der Waals surface area contributed by atoms with Crippen LogP contribution in [0.1, 0.15) is 58.8 Å². The van der Waals surface area contributed by atoms with Crippen LogP contribution in [0.4, 0.5) is 0 Å². The van der Waals surface area contributed by atoms with Crippen molar-refractivity contribution in [3.63, 3.8) is 0 Å². The molecule has 0 bridgehead atoms. The quantitative estimate of drug-likeness (QED) is 0.766. The van der Waals surface area contributed by atoms with Crippen molar-refractivity contribution >= 4 is 0 Å². The predicted octanol–water partition coefficient (Wildman–Crippen LogP) is 3.52. The van der Waals surface area contributed by atoms with Gasteiger partial charge in [0.1, 0.15) is 0 Å². The first-order valence-electron chi connectivity index (χ1n) is 9.08. The lowest BCUT2D eigenvalue weighted by molar-refractivity contribution is 0.0780. The number of nitrogens with zero attached hydrogens (tertiary/aromatic N) is 1. The zero-order valence-electron chi connectivity index (χ0n) is 13.8. The van der Waals surface area contributed by atoms with Crippen LogP contribution in [-0.4, -0.2) is 37.1 Å². The van der Waals surface area contributed by atoms with E-state index in [4.69, 9.17) is 0 Å². The van der Waals surface area contributed by atoms with Crippen LogP contribution in [-0.2, 0) is 0 Å². The van der Waals surface area contributed by atoms with Gasteiger partial charge in [0.05, 0.1) is 0 Å². The monoisotopic (exact) mass is 278 g/mol. The molecule has 2 heteroatoms. The van der Waals surface area contributed by atoms with Gasteiger partial charge in [0.15, 0.2) is 0 Å². The molecule has 0 amide bonds. The zero-order chi connectivity index (χ0) is 14.1. The Kier molecular flexibility index (Phi) is 4.72. The van der Waals surface area contributed by atoms with Gasteiger partial charge < -0.3 is 5.32 Å². The molecule has 3 fully saturated rings. The third kappa shape index (κ3) is 3.76. The fourth-order valence-corrected chi connectivity index (χ4v) is 4.13. The first kappa shape index (κ1) is 14.8. The maximum atomic E-state index is 3.64. The van der Waals surface area contributed by atoms with Crippen molar-refractivity contribution < 1.29 is 0 Å². The van der Waals surface area contributed by atoms with E-state index in [1.807, 2.05) is 0 Å². The second-order valence-corrected chi connectivity index (χ2v) is 8.12. The molecule has 0 aromatic heterocycles. The largest absolute Gasteiger partial charge is 0.315 e. The van der Waals surface area contributed by atoms with Crippen molar-refractivity contribution in [3.8, 4) is 0 Å². The third-order valence-electron chi connectivity index (χ3n) is 6.02. The lowest BCUT2D eigenvalue weighted by Crippen LogP contribution is -2.54. The van der Waals surface area contributed by atoms with E-state index in [1.165, 1.54) is 58.0 Å². The summed E-state index contributed by atoms with van der Waals surface area (Å²) in [7, 11) is 2.18. The SMILES string of the molecule is CNC1CCC(C(C)C)CC1N(CC1CC1)CC1CC1. The van der Waals surface area contributed by atoms with Crippen molar-refractivity contribution in [2.75, 3.05) is 20.1 Å². The standard InChI is InChI=1S/C18H34N2/c1-13(2)16-8-9-17(19-3)18(10-16)20(11-14-4-5-14)12-15-6-7-15/h13-19H,4-12H2,1-3H3. The smallest absolute Gasteiger partial charge is 0.0252 e. The first-order valence-corrected chi connectivity index (χ1v) is 9.08. The molecule has 3 rings (SSSR count). The molecule has 20 heavy (non-hydrogen) atoms. The van der Waals surface area contributed by atoms with Crippen LogP contribution in [0.2, 0.25) is 0 Å². The summed E-state index contributed by atoms with van der Waals surface area (Å²) in [5, 5.41) is 3.64. The normalized spacial score (nSPS) is 35.0. The van der Waals surface area contributed by atoms with Gasteiger partial charge in [-0.25, -0.2) is 0 Å². The van der Waals surface area contributed by atoms with Crippen LogP contribution in [0, 0.1) is 23.7 Å². The Morgan fingerprint density at radius 1 is 0.950 bits per heavy atom. The molecule has 0 heterocycles. The molecule has 3 aliphatic rings. The summed E-state index contributed by atoms with van der Waals surface area (Å²) in [6.45, 7) is 7.63. The highest BCUT2D eigenvalue weighted by atomic mass is 15.2. The van der Waals surface area contributed by atoms with Crippen LogP contribution in [0.25, 0.3) is 0 Å². The van der Waals surface area contributed by atoms with E-state index < -0.39 is 0 Å². The van der Waals surface area contributed by atoms with Crippen molar-refractivity contribution in [2.24, 2.45) is 23.7 Å². The van der Waals surface area contributed by atoms with Crippen molar-refractivity contribution in [3.05, 3.63) is 0 Å². The Labute approximate surface area is 125 Å². The molecule has 1 N–H and O–H groups in total. The van der Waals surface area contributed by atoms with Crippen molar-refractivity contribution in [2.45, 2.75) is 70.9 Å². The highest BCUT2D eigenvalue weighted by molar-refractivity contribution is 4.94. The number of likely N-dealkylation sites (N-methyl/N-ethyl adjacent to an activating group) is 1. The second-order valence-electron chi connectivity index (χ2n) is 8.12. The van der Waals surface area contributed by atoms with Gasteiger partial charge in [-0.3, -0.25) is 4.90 Å². The minimum Gasteiger partial charge on any atom is -0.315 e. The summed E-state index contributed by atoms with van der Waals surface area (Å²) in [5.41, 5.74) is 0. The lowest BCUT2D eigenvalue weighted by atomic mass is 9.76. The van der Waals surface area contributed by atoms with E-state index in [9.17, 15) is 0 Å². The number of hydrogen-bond acceptors (Lipinski definition) is 2. The molecule has 2 nitrogen and oxygen atoms in total. The second kappa shape index (κ2) is 6.36. The van der Waals surface area contributed by atoms with E-state index in [-0.39, 0.29) is 0 Å². The van der Waals surface area contributed by atoms with Gasteiger partial charge >= 0.3 is 0 Å². The van der Waals surface area contributed by atoms with E-state index in [2.05, 4.69) is 31.1 Å². The molecule has 0 aromatic rings. The van der Waals surface area contributed by atoms with E-state index in [1.54, 1.807) is 0 Å². The minimum atomic E-state index is 0.738. The Morgan fingerprint density at radius 3 is 2.00 bits per heavy atom. The molecule has 0 radical (unpaired) electrons. The molecular weight excluding hydrogens is 244 g/mol. The summed E-state index contributed by atoms with van der Waals surface area (Å²) in [6, 6.07) is 1.55. The molecule has 0 aliphatic heterocycles. The molecule has 0 spiro atoms. The summed E-state index contributed by atoms with van der Waals surface area (Å²) in [4.78, 5) is 2.91. The summed E-state index contributed by atoms with van der Waals surface area (Å²) in [5.74, 6) is 3.88. The van der Waals surface area contributed by atoms with Crippen LogP contribution in [0.15, 0.2) is 0 Å². The molecule has 0 saturated heterocycles. The van der Waals surface area contributed by atoms with Crippen LogP contribution in [0.5, 0.6) is 0 Å². The molecule has 0 aromatic carbocycles. The third-order valence-corrected chi connectivity index (χ3v) is 6.02. The Morgan fingerprint density at radius 2 is 1.55 bits per heavy atom. The van der Waals surface area contributed by atoms with Gasteiger partial charge in [0.2, 0.25) is 0 Å². The summed E-state index contributed by atoms with van der Waals surface area (Å²) >= 11 is 0. The molecule has 3 unspecified atom stereocenters. The Hall–Kier alpha value is -0.0800. The van der Waals surface area contributed by atoms with Gasteiger partial charge in [0.25, 0.3) is 0 Å². The summed E-state index contributed by atoms with van der Waals surface area (Å²) < 4.78 is 0. The Balaban J connectivity index is 1.66. The van der Waals surface area contributed by atoms with Gasteiger partial charge in [-0.05, 0) is 75.7 Å². The van der Waals surface area contributed by atoms with E-state index in [0.29, 0.717) is 0 Å². The van der Waals surface area contributed by atoms with Gasteiger partial charge in [-0.15, -0.1) is 0 Å². The van der Waals surface area contributed by atoms with Crippen molar-refractivity contribution in [1.29, 1.82) is 0 Å². The first-order chi connectivity index (χ1) is 9.67. The number of nitrogens with one attached hydrogen (secondary N) is 1. The highest BCUT2D eigenvalue weighted by Crippen LogP contribution is 2.38. The topological polar surface area (TPSA) is 15.3 Å². The van der Waals surface area contributed by atoms with Gasteiger partial charge in [0, 0.05) is 25.2 Å². The number of hydrogen-bond donors (Lipinski definition) is 1. The van der Waals surface area contributed by atoms with Gasteiger partial charge in [-0.1, -0.05) is 13.8 Å². The Bertz CT molecular complexity index is 293. The average molecular weight is 278 g/mol. The fourth-order valence-electron chi connectivity index (χ4n) is 4.13. The fraction of sp³-hybridized carbons (Fsp3) is 1.00. The van der Waals surface area contributed by atoms with Gasteiger partial charge in [-0.2, -0.15) is 0 Å². The summed E-state index contributed by atoms with van der Waals surface area (Å²) in [6.07, 6.45) is 10.2. The average Bonchev–Trinajstić information content (AvgIpc) is 3.32. The molecule has 3 saturated carbocycles. The van der Waals surface area contributed by atoms with E-state index in [0.717, 1.165) is 35.8 Å². The minimum absolute atomic E-state index is 0.738. The van der Waals surface area contributed by atoms with E-state index >= 15 is 0 Å². The predicted molar refractivity (Wildman–Crippen MR) is 85.8 cm³/mol. The molecule has 3 aliphatic carbocycles. The van der Waals surface area contributed by atoms with Crippen LogP contribution < -0.4 is 5.32 Å². The maximum Gasteiger partial charge on any atom is 0.0252 e. The molecule has 3 atom stereocenters. The maximum absolute atomic E-state index is 3.64.